The van der Waals surface area contributed by atoms with E-state index in [0.29, 0.717) is 24.2 Å². The van der Waals surface area contributed by atoms with E-state index in [1.165, 1.54) is 6.07 Å². The van der Waals surface area contributed by atoms with Crippen molar-refractivity contribution in [3.8, 4) is 0 Å². The van der Waals surface area contributed by atoms with Gasteiger partial charge in [-0.3, -0.25) is 0 Å². The zero-order valence-corrected chi connectivity index (χ0v) is 14.0. The van der Waals surface area contributed by atoms with Gasteiger partial charge in [0.2, 0.25) is 10.0 Å². The van der Waals surface area contributed by atoms with Gasteiger partial charge < -0.3 is 5.32 Å². The molecule has 0 saturated carbocycles. The van der Waals surface area contributed by atoms with E-state index in [-0.39, 0.29) is 4.90 Å². The molecule has 0 atom stereocenters. The molecule has 6 heteroatoms. The van der Waals surface area contributed by atoms with Gasteiger partial charge in [0.1, 0.15) is 0 Å². The fourth-order valence-electron chi connectivity index (χ4n) is 1.80. The van der Waals surface area contributed by atoms with Crippen LogP contribution < -0.4 is 10.0 Å². The number of benzene rings is 1. The highest BCUT2D eigenvalue weighted by atomic mass is 35.5. The molecule has 0 saturated heterocycles. The number of nitrogens with one attached hydrogen (secondary N) is 2. The second-order valence-corrected chi connectivity index (χ2v) is 7.29. The molecule has 20 heavy (non-hydrogen) atoms. The second-order valence-electron chi connectivity index (χ2n) is 5.12. The highest BCUT2D eigenvalue weighted by Gasteiger charge is 2.19. The molecule has 0 bridgehead atoms. The van der Waals surface area contributed by atoms with Crippen LogP contribution >= 0.6 is 11.6 Å². The molecule has 1 aromatic carbocycles. The van der Waals surface area contributed by atoms with Gasteiger partial charge in [0.05, 0.1) is 4.90 Å². The first-order valence-electron chi connectivity index (χ1n) is 6.80. The van der Waals surface area contributed by atoms with Gasteiger partial charge in [-0.25, -0.2) is 13.1 Å². The van der Waals surface area contributed by atoms with Crippen LogP contribution in [-0.2, 0) is 16.6 Å². The van der Waals surface area contributed by atoms with Crippen molar-refractivity contribution in [1.29, 1.82) is 0 Å². The number of hydrogen-bond acceptors (Lipinski definition) is 3. The van der Waals surface area contributed by atoms with Crippen molar-refractivity contribution in [2.24, 2.45) is 0 Å². The summed E-state index contributed by atoms with van der Waals surface area (Å²) in [7, 11) is -3.50. The van der Waals surface area contributed by atoms with Crippen LogP contribution in [0.5, 0.6) is 0 Å². The van der Waals surface area contributed by atoms with Gasteiger partial charge in [0.25, 0.3) is 0 Å². The lowest BCUT2D eigenvalue weighted by atomic mass is 10.1. The van der Waals surface area contributed by atoms with Crippen molar-refractivity contribution in [3.05, 3.63) is 28.3 Å². The predicted molar refractivity (Wildman–Crippen MR) is 83.6 cm³/mol. The summed E-state index contributed by atoms with van der Waals surface area (Å²) < 4.78 is 27.1. The van der Waals surface area contributed by atoms with E-state index >= 15 is 0 Å². The molecule has 0 aliphatic rings. The fourth-order valence-corrected chi connectivity index (χ4v) is 3.55. The summed E-state index contributed by atoms with van der Waals surface area (Å²) in [5.41, 5.74) is 1.65. The van der Waals surface area contributed by atoms with Crippen LogP contribution in [0.15, 0.2) is 17.0 Å². The Morgan fingerprint density at radius 3 is 2.50 bits per heavy atom. The molecule has 114 valence electrons. The van der Waals surface area contributed by atoms with Gasteiger partial charge in [-0.2, -0.15) is 0 Å². The lowest BCUT2D eigenvalue weighted by Gasteiger charge is -2.15. The quantitative estimate of drug-likeness (QED) is 0.812. The van der Waals surface area contributed by atoms with Gasteiger partial charge in [0, 0.05) is 24.2 Å². The topological polar surface area (TPSA) is 58.2 Å². The van der Waals surface area contributed by atoms with Crippen molar-refractivity contribution in [2.75, 3.05) is 6.54 Å². The lowest BCUT2D eigenvalue weighted by molar-refractivity contribution is 0.577. The van der Waals surface area contributed by atoms with Crippen LogP contribution in [0.1, 0.15) is 38.3 Å². The Bertz CT molecular complexity index is 557. The fraction of sp³-hybridized carbons (Fsp3) is 0.571. The molecule has 0 aliphatic heterocycles. The van der Waals surface area contributed by atoms with E-state index in [1.807, 2.05) is 33.8 Å². The van der Waals surface area contributed by atoms with Crippen molar-refractivity contribution >= 4 is 21.6 Å². The van der Waals surface area contributed by atoms with Gasteiger partial charge in [-0.05, 0) is 36.6 Å². The minimum Gasteiger partial charge on any atom is -0.310 e. The van der Waals surface area contributed by atoms with E-state index in [2.05, 4.69) is 10.0 Å². The van der Waals surface area contributed by atoms with Crippen molar-refractivity contribution < 1.29 is 8.42 Å². The molecule has 1 aromatic rings. The Labute approximate surface area is 127 Å². The summed E-state index contributed by atoms with van der Waals surface area (Å²) in [6.07, 6.45) is 0.751. The van der Waals surface area contributed by atoms with Crippen LogP contribution in [0.3, 0.4) is 0 Å². The van der Waals surface area contributed by atoms with Crippen LogP contribution in [0.2, 0.25) is 5.02 Å². The summed E-state index contributed by atoms with van der Waals surface area (Å²) in [5.74, 6) is 0. The number of sulfonamides is 1. The zero-order chi connectivity index (χ0) is 15.3. The third kappa shape index (κ3) is 4.74. The lowest BCUT2D eigenvalue weighted by Crippen LogP contribution is -2.26. The average Bonchev–Trinajstić information content (AvgIpc) is 2.36. The highest BCUT2D eigenvalue weighted by molar-refractivity contribution is 7.89. The molecular weight excluding hydrogens is 296 g/mol. The third-order valence-electron chi connectivity index (χ3n) is 2.96. The maximum absolute atomic E-state index is 12.3. The monoisotopic (exact) mass is 318 g/mol. The van der Waals surface area contributed by atoms with Crippen molar-refractivity contribution in [3.63, 3.8) is 0 Å². The Kier molecular flexibility index (Phi) is 6.45. The zero-order valence-electron chi connectivity index (χ0n) is 12.5. The number of rotatable bonds is 7. The first-order chi connectivity index (χ1) is 9.27. The maximum atomic E-state index is 12.3. The number of hydrogen-bond donors (Lipinski definition) is 2. The molecule has 0 unspecified atom stereocenters. The molecule has 0 heterocycles. The minimum atomic E-state index is -3.50. The first-order valence-corrected chi connectivity index (χ1v) is 8.66. The molecule has 1 rings (SSSR count). The second kappa shape index (κ2) is 7.41. The van der Waals surface area contributed by atoms with Gasteiger partial charge in [-0.1, -0.05) is 32.4 Å². The van der Waals surface area contributed by atoms with E-state index in [1.54, 1.807) is 0 Å². The molecule has 2 N–H and O–H groups in total. The minimum absolute atomic E-state index is 0.263. The van der Waals surface area contributed by atoms with Crippen LogP contribution in [0.4, 0.5) is 0 Å². The van der Waals surface area contributed by atoms with Crippen molar-refractivity contribution in [1.82, 2.24) is 10.0 Å². The molecule has 0 amide bonds. The maximum Gasteiger partial charge on any atom is 0.240 e. The van der Waals surface area contributed by atoms with Gasteiger partial charge in [-0.15, -0.1) is 0 Å². The predicted octanol–water partition coefficient (Wildman–Crippen LogP) is 2.83. The molecule has 0 spiro atoms. The van der Waals surface area contributed by atoms with E-state index < -0.39 is 10.0 Å². The number of halogens is 1. The first kappa shape index (κ1) is 17.4. The normalized spacial score (nSPS) is 12.1. The van der Waals surface area contributed by atoms with Gasteiger partial charge >= 0.3 is 0 Å². The smallest absolute Gasteiger partial charge is 0.240 e. The van der Waals surface area contributed by atoms with E-state index in [0.717, 1.165) is 17.5 Å². The Hall–Kier alpha value is -0.620. The summed E-state index contributed by atoms with van der Waals surface area (Å²) >= 11 is 6.06. The Morgan fingerprint density at radius 2 is 1.95 bits per heavy atom. The molecular formula is C14H23ClN2O2S. The summed E-state index contributed by atoms with van der Waals surface area (Å²) in [6.45, 7) is 8.84. The van der Waals surface area contributed by atoms with E-state index in [9.17, 15) is 8.42 Å². The molecule has 0 aliphatic carbocycles. The Morgan fingerprint density at radius 1 is 1.30 bits per heavy atom. The summed E-state index contributed by atoms with van der Waals surface area (Å²) in [5, 5.41) is 3.72. The summed E-state index contributed by atoms with van der Waals surface area (Å²) in [6, 6.07) is 3.64. The molecule has 4 nitrogen and oxygen atoms in total. The Balaban J connectivity index is 3.14. The van der Waals surface area contributed by atoms with Gasteiger partial charge in [0.15, 0.2) is 0 Å². The molecule has 0 aromatic heterocycles. The van der Waals surface area contributed by atoms with Crippen molar-refractivity contribution in [2.45, 2.75) is 51.6 Å². The standard InChI is InChI=1S/C14H23ClN2O2S/c1-5-6-17-20(18,19)14-8-13(15)7-12(11(14)4)9-16-10(2)3/h7-8,10,16-17H,5-6,9H2,1-4H3. The highest BCUT2D eigenvalue weighted by Crippen LogP contribution is 2.24. The van der Waals surface area contributed by atoms with Crippen LogP contribution in [-0.4, -0.2) is 21.0 Å². The van der Waals surface area contributed by atoms with Crippen LogP contribution in [0, 0.1) is 6.92 Å². The van der Waals surface area contributed by atoms with E-state index in [4.69, 9.17) is 11.6 Å². The van der Waals surface area contributed by atoms with Crippen LogP contribution in [0.25, 0.3) is 0 Å². The average molecular weight is 319 g/mol. The molecule has 0 radical (unpaired) electrons. The third-order valence-corrected chi connectivity index (χ3v) is 4.77. The SMILES string of the molecule is CCCNS(=O)(=O)c1cc(Cl)cc(CNC(C)C)c1C. The molecule has 0 fully saturated rings. The largest absolute Gasteiger partial charge is 0.310 e. The summed E-state index contributed by atoms with van der Waals surface area (Å²) in [4.78, 5) is 0.263.